The lowest BCUT2D eigenvalue weighted by molar-refractivity contribution is -0.305. The Morgan fingerprint density at radius 3 is 1.71 bits per heavy atom. The van der Waals surface area contributed by atoms with Gasteiger partial charge in [0.2, 0.25) is 0 Å². The highest BCUT2D eigenvalue weighted by atomic mass is 16.7. The van der Waals surface area contributed by atoms with Gasteiger partial charge >= 0.3 is 11.9 Å². The van der Waals surface area contributed by atoms with E-state index in [4.69, 9.17) is 18.9 Å². The Morgan fingerprint density at radius 2 is 1.13 bits per heavy atom. The van der Waals surface area contributed by atoms with Crippen LogP contribution in [0.25, 0.3) is 0 Å². The molecule has 0 amide bonds. The number of aliphatic hydroxyl groups is 4. The molecule has 1 aliphatic rings. The van der Waals surface area contributed by atoms with E-state index in [-0.39, 0.29) is 32.0 Å². The first-order valence-electron chi connectivity index (χ1n) is 20.6. The second kappa shape index (κ2) is 33.5. The van der Waals surface area contributed by atoms with E-state index in [0.29, 0.717) is 6.42 Å². The predicted octanol–water partition coefficient (Wildman–Crippen LogP) is 7.94. The Kier molecular flexibility index (Phi) is 30.9. The summed E-state index contributed by atoms with van der Waals surface area (Å²) in [5.41, 5.74) is 0. The van der Waals surface area contributed by atoms with Crippen molar-refractivity contribution in [3.8, 4) is 0 Å². The average molecular weight is 739 g/mol. The molecule has 0 aromatic rings. The van der Waals surface area contributed by atoms with Gasteiger partial charge in [0.1, 0.15) is 31.0 Å². The lowest BCUT2D eigenvalue weighted by Crippen LogP contribution is -2.59. The summed E-state index contributed by atoms with van der Waals surface area (Å²) in [6.45, 7) is 3.27. The molecule has 6 unspecified atom stereocenters. The fraction of sp³-hybridized carbons (Fsp3) is 0.810. The van der Waals surface area contributed by atoms with Crippen molar-refractivity contribution in [1.82, 2.24) is 0 Å². The fourth-order valence-electron chi connectivity index (χ4n) is 6.03. The summed E-state index contributed by atoms with van der Waals surface area (Å²) in [5.74, 6) is -0.840. The van der Waals surface area contributed by atoms with Gasteiger partial charge in [0.25, 0.3) is 0 Å². The molecule has 1 aliphatic heterocycles. The number of esters is 2. The van der Waals surface area contributed by atoms with E-state index < -0.39 is 49.4 Å². The van der Waals surface area contributed by atoms with E-state index in [1.165, 1.54) is 70.6 Å². The highest BCUT2D eigenvalue weighted by Gasteiger charge is 2.44. The zero-order chi connectivity index (χ0) is 38.1. The average Bonchev–Trinajstić information content (AvgIpc) is 3.14. The molecular formula is C42H74O10. The fourth-order valence-corrected chi connectivity index (χ4v) is 6.03. The van der Waals surface area contributed by atoms with Gasteiger partial charge in [0.15, 0.2) is 12.4 Å². The van der Waals surface area contributed by atoms with Gasteiger partial charge in [-0.05, 0) is 44.9 Å². The van der Waals surface area contributed by atoms with Gasteiger partial charge in [-0.1, -0.05) is 140 Å². The van der Waals surface area contributed by atoms with Crippen molar-refractivity contribution in [3.05, 3.63) is 36.5 Å². The molecule has 0 aromatic carbocycles. The van der Waals surface area contributed by atoms with Crippen LogP contribution in [0.1, 0.15) is 162 Å². The summed E-state index contributed by atoms with van der Waals surface area (Å²) in [7, 11) is 0. The van der Waals surface area contributed by atoms with Crippen LogP contribution < -0.4 is 0 Å². The lowest BCUT2D eigenvalue weighted by Gasteiger charge is -2.39. The topological polar surface area (TPSA) is 152 Å². The summed E-state index contributed by atoms with van der Waals surface area (Å²) >= 11 is 0. The molecule has 1 heterocycles. The number of hydrogen-bond acceptors (Lipinski definition) is 10. The van der Waals surface area contributed by atoms with E-state index in [2.05, 4.69) is 50.3 Å². The molecule has 10 nitrogen and oxygen atoms in total. The third-order valence-corrected chi connectivity index (χ3v) is 9.29. The molecule has 10 heteroatoms. The van der Waals surface area contributed by atoms with Crippen molar-refractivity contribution < 1.29 is 49.0 Å². The molecule has 4 N–H and O–H groups in total. The van der Waals surface area contributed by atoms with Crippen LogP contribution in [0.3, 0.4) is 0 Å². The lowest BCUT2D eigenvalue weighted by atomic mass is 9.99. The summed E-state index contributed by atoms with van der Waals surface area (Å²) in [5, 5.41) is 39.9. The third kappa shape index (κ3) is 25.0. The molecule has 1 saturated heterocycles. The van der Waals surface area contributed by atoms with Crippen LogP contribution in [-0.4, -0.2) is 89.0 Å². The largest absolute Gasteiger partial charge is 0.462 e. The first-order chi connectivity index (χ1) is 25.3. The van der Waals surface area contributed by atoms with Gasteiger partial charge in [0.05, 0.1) is 13.2 Å². The zero-order valence-corrected chi connectivity index (χ0v) is 32.6. The van der Waals surface area contributed by atoms with Crippen LogP contribution >= 0.6 is 0 Å². The monoisotopic (exact) mass is 739 g/mol. The molecule has 0 radical (unpaired) electrons. The van der Waals surface area contributed by atoms with E-state index in [0.717, 1.165) is 57.8 Å². The van der Waals surface area contributed by atoms with Gasteiger partial charge in [-0.2, -0.15) is 0 Å². The molecule has 1 rings (SSSR count). The first kappa shape index (κ1) is 47.9. The van der Waals surface area contributed by atoms with Crippen LogP contribution in [0.15, 0.2) is 36.5 Å². The molecule has 0 aliphatic carbocycles. The van der Waals surface area contributed by atoms with Crippen LogP contribution in [0.5, 0.6) is 0 Å². The molecule has 0 spiro atoms. The Bertz CT molecular complexity index is 949. The Hall–Kier alpha value is -2.08. The number of allylic oxidation sites excluding steroid dienone is 6. The summed E-state index contributed by atoms with van der Waals surface area (Å²) in [4.78, 5) is 25.2. The maximum absolute atomic E-state index is 12.7. The minimum Gasteiger partial charge on any atom is -0.462 e. The van der Waals surface area contributed by atoms with E-state index in [9.17, 15) is 30.0 Å². The molecule has 52 heavy (non-hydrogen) atoms. The Labute approximate surface area is 315 Å². The highest BCUT2D eigenvalue weighted by molar-refractivity contribution is 5.70. The Morgan fingerprint density at radius 1 is 0.615 bits per heavy atom. The third-order valence-electron chi connectivity index (χ3n) is 9.29. The summed E-state index contributed by atoms with van der Waals surface area (Å²) in [6, 6.07) is 0. The van der Waals surface area contributed by atoms with Crippen molar-refractivity contribution >= 4 is 11.9 Å². The van der Waals surface area contributed by atoms with Gasteiger partial charge in [-0.15, -0.1) is 0 Å². The number of ether oxygens (including phenoxy) is 4. The minimum atomic E-state index is -1.60. The van der Waals surface area contributed by atoms with Crippen LogP contribution in [-0.2, 0) is 28.5 Å². The highest BCUT2D eigenvalue weighted by Crippen LogP contribution is 2.22. The number of carbonyl (C=O) groups excluding carboxylic acids is 2. The summed E-state index contributed by atoms with van der Waals surface area (Å²) in [6.07, 6.45) is 28.7. The minimum absolute atomic E-state index is 0.196. The van der Waals surface area contributed by atoms with Crippen LogP contribution in [0, 0.1) is 0 Å². The first-order valence-corrected chi connectivity index (χ1v) is 20.6. The maximum Gasteiger partial charge on any atom is 0.306 e. The standard InChI is InChI=1S/C42H74O10/c1-3-5-7-9-11-13-15-17-19-20-22-24-26-28-30-37(44)49-33-35(34-50-42-41(48)40(47)39(46)36(32-43)52-42)51-38(45)31-29-27-25-23-21-18-16-14-12-10-8-6-4-2/h6,8,12,14,18,21,35-36,39-43,46-48H,3-5,7,9-11,13,15-17,19-20,22-34H2,1-2H3/b8-6-,14-12-,21-18-. The Balaban J connectivity index is 2.39. The normalized spacial score (nSPS) is 21.4. The summed E-state index contributed by atoms with van der Waals surface area (Å²) < 4.78 is 22.1. The molecule has 0 aromatic heterocycles. The molecule has 1 fully saturated rings. The predicted molar refractivity (Wildman–Crippen MR) is 206 cm³/mol. The molecule has 6 atom stereocenters. The molecule has 0 bridgehead atoms. The number of aliphatic hydroxyl groups excluding tert-OH is 4. The second-order valence-corrected chi connectivity index (χ2v) is 14.1. The van der Waals surface area contributed by atoms with Crippen LogP contribution in [0.4, 0.5) is 0 Å². The number of unbranched alkanes of at least 4 members (excludes halogenated alkanes) is 16. The second-order valence-electron chi connectivity index (χ2n) is 14.1. The van der Waals surface area contributed by atoms with Crippen molar-refractivity contribution in [3.63, 3.8) is 0 Å². The van der Waals surface area contributed by atoms with E-state index in [1.54, 1.807) is 0 Å². The van der Waals surface area contributed by atoms with Crippen LogP contribution in [0.2, 0.25) is 0 Å². The van der Waals surface area contributed by atoms with Crippen molar-refractivity contribution in [2.75, 3.05) is 19.8 Å². The number of hydrogen-bond donors (Lipinski definition) is 4. The van der Waals surface area contributed by atoms with Gasteiger partial charge < -0.3 is 39.4 Å². The van der Waals surface area contributed by atoms with E-state index >= 15 is 0 Å². The van der Waals surface area contributed by atoms with Gasteiger partial charge in [-0.25, -0.2) is 0 Å². The van der Waals surface area contributed by atoms with E-state index in [1.807, 2.05) is 0 Å². The van der Waals surface area contributed by atoms with Crippen molar-refractivity contribution in [2.24, 2.45) is 0 Å². The maximum atomic E-state index is 12.7. The van der Waals surface area contributed by atoms with Gasteiger partial charge in [0, 0.05) is 12.8 Å². The molecule has 302 valence electrons. The van der Waals surface area contributed by atoms with Gasteiger partial charge in [-0.3, -0.25) is 9.59 Å². The quantitative estimate of drug-likeness (QED) is 0.0297. The SMILES string of the molecule is CC/C=C\C/C=C\C/C=C\CCCCCC(=O)OC(COC(=O)CCCCCCCCCCCCCCCC)COC1OC(CO)C(O)C(O)C1O. The molecular weight excluding hydrogens is 664 g/mol. The zero-order valence-electron chi connectivity index (χ0n) is 32.6. The number of rotatable bonds is 33. The smallest absolute Gasteiger partial charge is 0.306 e. The molecule has 0 saturated carbocycles. The van der Waals surface area contributed by atoms with Crippen molar-refractivity contribution in [1.29, 1.82) is 0 Å². The number of carbonyl (C=O) groups is 2. The van der Waals surface area contributed by atoms with Crippen molar-refractivity contribution in [2.45, 2.75) is 198 Å².